The minimum absolute atomic E-state index is 0.0659. The summed E-state index contributed by atoms with van der Waals surface area (Å²) >= 11 is 7.50. The summed E-state index contributed by atoms with van der Waals surface area (Å²) in [5, 5.41) is 12.6. The highest BCUT2D eigenvalue weighted by Gasteiger charge is 2.26. The molecule has 0 bridgehead atoms. The third kappa shape index (κ3) is 3.04. The van der Waals surface area contributed by atoms with Crippen LogP contribution in [0.1, 0.15) is 4.88 Å². The zero-order chi connectivity index (χ0) is 18.3. The lowest BCUT2D eigenvalue weighted by atomic mass is 10.2. The Morgan fingerprint density at radius 2 is 1.81 bits per heavy atom. The van der Waals surface area contributed by atoms with Gasteiger partial charge in [-0.3, -0.25) is 10.1 Å². The van der Waals surface area contributed by atoms with Crippen LogP contribution in [0.25, 0.3) is 10.2 Å². The lowest BCUT2D eigenvalue weighted by molar-refractivity contribution is -0.384. The molecule has 134 valence electrons. The summed E-state index contributed by atoms with van der Waals surface area (Å²) in [7, 11) is 0. The first-order chi connectivity index (χ1) is 12.5. The van der Waals surface area contributed by atoms with Gasteiger partial charge in [0.25, 0.3) is 0 Å². The largest absolute Gasteiger partial charge is 0.352 e. The zero-order valence-corrected chi connectivity index (χ0v) is 15.5. The Balaban J connectivity index is 1.57. The van der Waals surface area contributed by atoms with Gasteiger partial charge in [-0.1, -0.05) is 11.6 Å². The second-order valence-electron chi connectivity index (χ2n) is 6.00. The Labute approximate surface area is 158 Å². The molecular weight excluding hydrogens is 376 g/mol. The van der Waals surface area contributed by atoms with Gasteiger partial charge in [0.1, 0.15) is 17.0 Å². The van der Waals surface area contributed by atoms with E-state index in [0.29, 0.717) is 32.0 Å². The van der Waals surface area contributed by atoms with Crippen molar-refractivity contribution >= 4 is 50.5 Å². The van der Waals surface area contributed by atoms with E-state index in [1.807, 2.05) is 4.90 Å². The highest BCUT2D eigenvalue weighted by Crippen LogP contribution is 2.32. The van der Waals surface area contributed by atoms with E-state index in [2.05, 4.69) is 32.8 Å². The third-order valence-corrected chi connectivity index (χ3v) is 5.49. The summed E-state index contributed by atoms with van der Waals surface area (Å²) in [6, 6.07) is 3.45. The maximum atomic E-state index is 11.3. The molecule has 1 fully saturated rings. The molecule has 1 saturated heterocycles. The van der Waals surface area contributed by atoms with Crippen molar-refractivity contribution in [1.29, 1.82) is 0 Å². The van der Waals surface area contributed by atoms with Crippen molar-refractivity contribution in [1.82, 2.24) is 15.0 Å². The molecule has 0 radical (unpaired) electrons. The van der Waals surface area contributed by atoms with Gasteiger partial charge in [-0.2, -0.15) is 0 Å². The summed E-state index contributed by atoms with van der Waals surface area (Å²) in [6.07, 6.45) is 3.03. The van der Waals surface area contributed by atoms with Crippen molar-refractivity contribution < 1.29 is 4.92 Å². The second-order valence-corrected chi connectivity index (χ2v) is 7.67. The van der Waals surface area contributed by atoms with E-state index in [-0.39, 0.29) is 10.7 Å². The first-order valence-corrected chi connectivity index (χ1v) is 9.23. The Morgan fingerprint density at radius 1 is 1.12 bits per heavy atom. The van der Waals surface area contributed by atoms with Crippen LogP contribution in [-0.2, 0) is 0 Å². The lowest BCUT2D eigenvalue weighted by Crippen LogP contribution is -2.47. The van der Waals surface area contributed by atoms with Gasteiger partial charge in [0.05, 0.1) is 15.3 Å². The number of aryl methyl sites for hydroxylation is 1. The Bertz CT molecular complexity index is 986. The highest BCUT2D eigenvalue weighted by molar-refractivity contribution is 7.18. The summed E-state index contributed by atoms with van der Waals surface area (Å²) < 4.78 is 0. The lowest BCUT2D eigenvalue weighted by Gasteiger charge is -2.35. The standard InChI is InChI=1S/C16H15ClN6O2S/c1-10-6-12-14(19-9-20-16(12)26-10)21-2-4-22(5-3-21)15-13(23(24)25)7-11(17)8-18-15/h6-9H,2-5H2,1H3. The molecule has 3 aromatic rings. The molecule has 4 heterocycles. The molecule has 0 unspecified atom stereocenters. The molecule has 1 aliphatic rings. The second kappa shape index (κ2) is 6.65. The molecule has 3 aromatic heterocycles. The highest BCUT2D eigenvalue weighted by atomic mass is 35.5. The number of hydrogen-bond acceptors (Lipinski definition) is 8. The van der Waals surface area contributed by atoms with Crippen molar-refractivity contribution in [3.63, 3.8) is 0 Å². The van der Waals surface area contributed by atoms with E-state index in [0.717, 1.165) is 16.0 Å². The number of nitro groups is 1. The maximum absolute atomic E-state index is 11.3. The third-order valence-electron chi connectivity index (χ3n) is 4.32. The zero-order valence-electron chi connectivity index (χ0n) is 13.9. The number of hydrogen-bond donors (Lipinski definition) is 0. The van der Waals surface area contributed by atoms with Crippen LogP contribution in [-0.4, -0.2) is 46.1 Å². The molecule has 0 saturated carbocycles. The molecule has 0 amide bonds. The number of piperazine rings is 1. The van der Waals surface area contributed by atoms with Crippen molar-refractivity contribution in [2.45, 2.75) is 6.92 Å². The fourth-order valence-corrected chi connectivity index (χ4v) is 4.14. The molecule has 1 aliphatic heterocycles. The van der Waals surface area contributed by atoms with Crippen LogP contribution in [0.2, 0.25) is 5.02 Å². The first-order valence-electron chi connectivity index (χ1n) is 8.04. The van der Waals surface area contributed by atoms with E-state index in [4.69, 9.17) is 11.6 Å². The molecule has 0 atom stereocenters. The fraction of sp³-hybridized carbons (Fsp3) is 0.312. The number of fused-ring (bicyclic) bond motifs is 1. The van der Waals surface area contributed by atoms with E-state index in [9.17, 15) is 10.1 Å². The van der Waals surface area contributed by atoms with Crippen LogP contribution in [0, 0.1) is 17.0 Å². The molecule has 4 rings (SSSR count). The number of aromatic nitrogens is 3. The number of halogens is 1. The minimum atomic E-state index is -0.442. The van der Waals surface area contributed by atoms with Gasteiger partial charge in [-0.15, -0.1) is 11.3 Å². The van der Waals surface area contributed by atoms with Crippen LogP contribution in [0.5, 0.6) is 0 Å². The van der Waals surface area contributed by atoms with E-state index >= 15 is 0 Å². The quantitative estimate of drug-likeness (QED) is 0.500. The Kier molecular flexibility index (Phi) is 4.33. The van der Waals surface area contributed by atoms with Crippen LogP contribution >= 0.6 is 22.9 Å². The molecule has 8 nitrogen and oxygen atoms in total. The molecule has 0 aromatic carbocycles. The summed E-state index contributed by atoms with van der Waals surface area (Å²) in [5.41, 5.74) is -0.0659. The predicted octanol–water partition coefficient (Wildman–Crippen LogP) is 3.28. The molecular formula is C16H15ClN6O2S. The van der Waals surface area contributed by atoms with Gasteiger partial charge in [-0.05, 0) is 13.0 Å². The average Bonchev–Trinajstić information content (AvgIpc) is 3.02. The van der Waals surface area contributed by atoms with E-state index in [1.165, 1.54) is 17.1 Å². The number of nitrogens with zero attached hydrogens (tertiary/aromatic N) is 6. The fourth-order valence-electron chi connectivity index (χ4n) is 3.14. The predicted molar refractivity (Wildman–Crippen MR) is 102 cm³/mol. The molecule has 0 N–H and O–H groups in total. The number of rotatable bonds is 3. The van der Waals surface area contributed by atoms with Crippen molar-refractivity contribution in [2.24, 2.45) is 0 Å². The van der Waals surface area contributed by atoms with Crippen LogP contribution in [0.3, 0.4) is 0 Å². The summed E-state index contributed by atoms with van der Waals surface area (Å²) in [6.45, 7) is 4.68. The van der Waals surface area contributed by atoms with Gasteiger partial charge < -0.3 is 9.80 Å². The van der Waals surface area contributed by atoms with Crippen molar-refractivity contribution in [3.8, 4) is 0 Å². The number of pyridine rings is 1. The summed E-state index contributed by atoms with van der Waals surface area (Å²) in [4.78, 5) is 30.1. The molecule has 26 heavy (non-hydrogen) atoms. The minimum Gasteiger partial charge on any atom is -0.352 e. The van der Waals surface area contributed by atoms with Gasteiger partial charge in [0, 0.05) is 43.3 Å². The topological polar surface area (TPSA) is 88.3 Å². The SMILES string of the molecule is Cc1cc2c(N3CCN(c4ncc(Cl)cc4[N+](=O)[O-])CC3)ncnc2s1. The van der Waals surface area contributed by atoms with Gasteiger partial charge >= 0.3 is 5.69 Å². The normalized spacial score (nSPS) is 14.8. The molecule has 0 aliphatic carbocycles. The first kappa shape index (κ1) is 16.9. The Morgan fingerprint density at radius 3 is 2.50 bits per heavy atom. The van der Waals surface area contributed by atoms with Gasteiger partial charge in [-0.25, -0.2) is 15.0 Å². The monoisotopic (exact) mass is 390 g/mol. The maximum Gasteiger partial charge on any atom is 0.313 e. The molecule has 10 heteroatoms. The Hall–Kier alpha value is -2.52. The van der Waals surface area contributed by atoms with Crippen LogP contribution in [0.15, 0.2) is 24.7 Å². The number of anilines is 2. The van der Waals surface area contributed by atoms with E-state index < -0.39 is 4.92 Å². The van der Waals surface area contributed by atoms with Crippen LogP contribution < -0.4 is 9.80 Å². The van der Waals surface area contributed by atoms with Gasteiger partial charge in [0.2, 0.25) is 5.82 Å². The van der Waals surface area contributed by atoms with E-state index in [1.54, 1.807) is 17.7 Å². The smallest absolute Gasteiger partial charge is 0.313 e. The number of thiophene rings is 1. The average molecular weight is 391 g/mol. The van der Waals surface area contributed by atoms with Crippen molar-refractivity contribution in [2.75, 3.05) is 36.0 Å². The summed E-state index contributed by atoms with van der Waals surface area (Å²) in [5.74, 6) is 1.27. The van der Waals surface area contributed by atoms with Crippen molar-refractivity contribution in [3.05, 3.63) is 44.7 Å². The van der Waals surface area contributed by atoms with Crippen LogP contribution in [0.4, 0.5) is 17.3 Å². The molecule has 0 spiro atoms. The van der Waals surface area contributed by atoms with Gasteiger partial charge in [0.15, 0.2) is 0 Å².